The number of benzene rings is 2. The first-order valence-electron chi connectivity index (χ1n) is 8.58. The molecule has 2 N–H and O–H groups in total. The third-order valence-electron chi connectivity index (χ3n) is 4.90. The van der Waals surface area contributed by atoms with E-state index in [1.54, 1.807) is 54.2 Å². The van der Waals surface area contributed by atoms with Crippen molar-refractivity contribution in [1.29, 1.82) is 0 Å². The smallest absolute Gasteiger partial charge is 0.232 e. The lowest BCUT2D eigenvalue weighted by Gasteiger charge is -2.18. The van der Waals surface area contributed by atoms with Crippen LogP contribution in [-0.4, -0.2) is 33.5 Å². The first-order chi connectivity index (χ1) is 13.4. The lowest BCUT2D eigenvalue weighted by atomic mass is 9.86. The standard InChI is InChI=1S/C22H17NO5/c1-23-11-15(14-5-3-4-6-16(14)23)18-21(26)19(24)17(20(25)22(18)27)12-7-9-13(28-2)10-8-12/h3-11,24,27H,1-2H3. The van der Waals surface area contributed by atoms with Gasteiger partial charge in [-0.25, -0.2) is 0 Å². The Hall–Kier alpha value is -3.80. The van der Waals surface area contributed by atoms with Gasteiger partial charge in [-0.3, -0.25) is 9.59 Å². The summed E-state index contributed by atoms with van der Waals surface area (Å²) in [5.41, 5.74) is 1.13. The zero-order valence-electron chi connectivity index (χ0n) is 15.3. The van der Waals surface area contributed by atoms with E-state index in [9.17, 15) is 19.8 Å². The maximum Gasteiger partial charge on any atom is 0.232 e. The molecule has 1 aromatic heterocycles. The van der Waals surface area contributed by atoms with Crippen molar-refractivity contribution in [3.63, 3.8) is 0 Å². The molecule has 1 aliphatic carbocycles. The number of para-hydroxylation sites is 1. The van der Waals surface area contributed by atoms with Crippen LogP contribution in [0.1, 0.15) is 11.1 Å². The zero-order chi connectivity index (χ0) is 20.0. The van der Waals surface area contributed by atoms with Gasteiger partial charge in [0.25, 0.3) is 0 Å². The third kappa shape index (κ3) is 2.50. The van der Waals surface area contributed by atoms with Gasteiger partial charge in [-0.15, -0.1) is 0 Å². The number of ketones is 2. The van der Waals surface area contributed by atoms with Crippen molar-refractivity contribution in [2.24, 2.45) is 7.05 Å². The highest BCUT2D eigenvalue weighted by atomic mass is 16.5. The van der Waals surface area contributed by atoms with Crippen molar-refractivity contribution in [2.45, 2.75) is 0 Å². The molecule has 1 heterocycles. The van der Waals surface area contributed by atoms with Gasteiger partial charge < -0.3 is 19.5 Å². The maximum absolute atomic E-state index is 12.9. The van der Waals surface area contributed by atoms with Crippen molar-refractivity contribution >= 4 is 33.6 Å². The van der Waals surface area contributed by atoms with Gasteiger partial charge in [0.2, 0.25) is 11.6 Å². The molecule has 6 nitrogen and oxygen atoms in total. The summed E-state index contributed by atoms with van der Waals surface area (Å²) in [6, 6.07) is 13.6. The monoisotopic (exact) mass is 375 g/mol. The Morgan fingerprint density at radius 1 is 0.857 bits per heavy atom. The number of aliphatic hydroxyl groups excluding tert-OH is 2. The first-order valence-corrected chi connectivity index (χ1v) is 8.58. The minimum Gasteiger partial charge on any atom is -0.504 e. The Labute approximate surface area is 160 Å². The summed E-state index contributed by atoms with van der Waals surface area (Å²) >= 11 is 0. The van der Waals surface area contributed by atoms with E-state index in [0.717, 1.165) is 5.52 Å². The van der Waals surface area contributed by atoms with E-state index in [1.165, 1.54) is 7.11 Å². The number of methoxy groups -OCH3 is 1. The molecule has 0 bridgehead atoms. The molecule has 0 amide bonds. The number of ether oxygens (including phenoxy) is 1. The second-order valence-electron chi connectivity index (χ2n) is 6.50. The van der Waals surface area contributed by atoms with Crippen LogP contribution in [0, 0.1) is 0 Å². The number of allylic oxidation sites excluding steroid dienone is 2. The normalized spacial score (nSPS) is 14.9. The Balaban J connectivity index is 1.87. The maximum atomic E-state index is 12.9. The molecule has 0 unspecified atom stereocenters. The van der Waals surface area contributed by atoms with Crippen LogP contribution < -0.4 is 4.74 Å². The molecule has 6 heteroatoms. The largest absolute Gasteiger partial charge is 0.504 e. The van der Waals surface area contributed by atoms with Crippen molar-refractivity contribution in [2.75, 3.05) is 7.11 Å². The number of aliphatic hydroxyl groups is 2. The first kappa shape index (κ1) is 17.6. The predicted molar refractivity (Wildman–Crippen MR) is 105 cm³/mol. The number of aryl methyl sites for hydroxylation is 1. The molecule has 0 aliphatic heterocycles. The summed E-state index contributed by atoms with van der Waals surface area (Å²) in [7, 11) is 3.31. The SMILES string of the molecule is COc1ccc(C2=C(O)C(=O)C(c3cn(C)c4ccccc34)=C(O)C2=O)cc1. The van der Waals surface area contributed by atoms with E-state index in [-0.39, 0.29) is 11.1 Å². The molecule has 0 saturated heterocycles. The molecular formula is C22H17NO5. The molecule has 1 aliphatic rings. The summed E-state index contributed by atoms with van der Waals surface area (Å²) in [6.45, 7) is 0. The van der Waals surface area contributed by atoms with Gasteiger partial charge in [0, 0.05) is 29.7 Å². The molecule has 28 heavy (non-hydrogen) atoms. The van der Waals surface area contributed by atoms with Gasteiger partial charge >= 0.3 is 0 Å². The van der Waals surface area contributed by atoms with Gasteiger partial charge in [0.1, 0.15) is 5.75 Å². The highest BCUT2D eigenvalue weighted by molar-refractivity contribution is 6.47. The van der Waals surface area contributed by atoms with Crippen molar-refractivity contribution in [1.82, 2.24) is 4.57 Å². The Kier molecular flexibility index (Phi) is 4.04. The Morgan fingerprint density at radius 3 is 2.14 bits per heavy atom. The lowest BCUT2D eigenvalue weighted by Crippen LogP contribution is -2.22. The average molecular weight is 375 g/mol. The van der Waals surface area contributed by atoms with Gasteiger partial charge in [0.15, 0.2) is 11.5 Å². The number of aromatic nitrogens is 1. The molecule has 2 aromatic carbocycles. The van der Waals surface area contributed by atoms with E-state index in [0.29, 0.717) is 22.3 Å². The number of nitrogens with zero attached hydrogens (tertiary/aromatic N) is 1. The molecule has 3 aromatic rings. The quantitative estimate of drug-likeness (QED) is 0.683. The van der Waals surface area contributed by atoms with Crippen LogP contribution in [0.2, 0.25) is 0 Å². The molecule has 0 spiro atoms. The van der Waals surface area contributed by atoms with E-state index in [4.69, 9.17) is 4.74 Å². The summed E-state index contributed by atoms with van der Waals surface area (Å²) in [5, 5.41) is 21.9. The molecule has 0 saturated carbocycles. The molecule has 140 valence electrons. The zero-order valence-corrected chi connectivity index (χ0v) is 15.3. The summed E-state index contributed by atoms with van der Waals surface area (Å²) in [4.78, 5) is 25.8. The Bertz CT molecular complexity index is 1200. The van der Waals surface area contributed by atoms with Gasteiger partial charge in [-0.2, -0.15) is 0 Å². The lowest BCUT2D eigenvalue weighted by molar-refractivity contribution is -0.116. The number of carbonyl (C=O) groups is 2. The number of fused-ring (bicyclic) bond motifs is 1. The van der Waals surface area contributed by atoms with Gasteiger partial charge in [-0.05, 0) is 23.8 Å². The second kappa shape index (κ2) is 6.42. The minimum absolute atomic E-state index is 0.198. The predicted octanol–water partition coefficient (Wildman–Crippen LogP) is 3.58. The number of Topliss-reactive ketones (excluding diaryl/α,β-unsaturated/α-hetero) is 2. The number of hydrogen-bond acceptors (Lipinski definition) is 5. The van der Waals surface area contributed by atoms with Crippen molar-refractivity contribution in [3.05, 3.63) is 77.4 Å². The van der Waals surface area contributed by atoms with E-state index >= 15 is 0 Å². The second-order valence-corrected chi connectivity index (χ2v) is 6.50. The Morgan fingerprint density at radius 2 is 1.46 bits per heavy atom. The van der Waals surface area contributed by atoms with Crippen LogP contribution in [0.4, 0.5) is 0 Å². The summed E-state index contributed by atoms with van der Waals surface area (Å²) < 4.78 is 6.87. The summed E-state index contributed by atoms with van der Waals surface area (Å²) in [6.07, 6.45) is 1.66. The van der Waals surface area contributed by atoms with Gasteiger partial charge in [0.05, 0.1) is 18.3 Å². The molecule has 4 rings (SSSR count). The third-order valence-corrected chi connectivity index (χ3v) is 4.90. The topological polar surface area (TPSA) is 88.8 Å². The van der Waals surface area contributed by atoms with Crippen molar-refractivity contribution in [3.8, 4) is 5.75 Å². The number of rotatable bonds is 3. The van der Waals surface area contributed by atoms with Crippen LogP contribution in [0.5, 0.6) is 5.75 Å². The van der Waals surface area contributed by atoms with E-state index in [1.807, 2.05) is 12.1 Å². The van der Waals surface area contributed by atoms with Gasteiger partial charge in [-0.1, -0.05) is 30.3 Å². The molecular weight excluding hydrogens is 358 g/mol. The fourth-order valence-corrected chi connectivity index (χ4v) is 3.50. The molecule has 0 atom stereocenters. The molecule has 0 fully saturated rings. The fourth-order valence-electron chi connectivity index (χ4n) is 3.50. The van der Waals surface area contributed by atoms with E-state index in [2.05, 4.69) is 0 Å². The number of carbonyl (C=O) groups excluding carboxylic acids is 2. The minimum atomic E-state index is -0.801. The van der Waals surface area contributed by atoms with Crippen LogP contribution >= 0.6 is 0 Å². The average Bonchev–Trinajstić information content (AvgIpc) is 3.04. The molecule has 0 radical (unpaired) electrons. The summed E-state index contributed by atoms with van der Waals surface area (Å²) in [5.74, 6) is -2.39. The number of hydrogen-bond donors (Lipinski definition) is 2. The fraction of sp³-hybridized carbons (Fsp3) is 0.0909. The highest BCUT2D eigenvalue weighted by Gasteiger charge is 2.37. The highest BCUT2D eigenvalue weighted by Crippen LogP contribution is 2.37. The van der Waals surface area contributed by atoms with Crippen molar-refractivity contribution < 1.29 is 24.5 Å². The van der Waals surface area contributed by atoms with E-state index < -0.39 is 23.1 Å². The van der Waals surface area contributed by atoms with Crippen LogP contribution in [0.3, 0.4) is 0 Å². The van der Waals surface area contributed by atoms with Crippen LogP contribution in [0.15, 0.2) is 66.2 Å². The van der Waals surface area contributed by atoms with Crippen LogP contribution in [-0.2, 0) is 16.6 Å². The van der Waals surface area contributed by atoms with Crippen LogP contribution in [0.25, 0.3) is 22.0 Å².